The number of aromatic nitrogens is 1. The Morgan fingerprint density at radius 3 is 2.76 bits per heavy atom. The summed E-state index contributed by atoms with van der Waals surface area (Å²) >= 11 is 0. The van der Waals surface area contributed by atoms with E-state index in [1.165, 1.54) is 6.21 Å². The molecular formula is C19H22N4O2. The Morgan fingerprint density at radius 1 is 1.48 bits per heavy atom. The molecule has 0 unspecified atom stereocenters. The fourth-order valence-corrected chi connectivity index (χ4v) is 2.50. The van der Waals surface area contributed by atoms with E-state index >= 15 is 0 Å². The number of hydrogen-bond acceptors (Lipinski definition) is 5. The number of carbonyl (C=O) groups is 1. The number of allylic oxidation sites excluding steroid dienone is 1. The van der Waals surface area contributed by atoms with Gasteiger partial charge >= 0.3 is 5.97 Å². The zero-order valence-corrected chi connectivity index (χ0v) is 14.9. The molecule has 2 rings (SSSR count). The van der Waals surface area contributed by atoms with Crippen LogP contribution in [0.1, 0.15) is 39.3 Å². The van der Waals surface area contributed by atoms with E-state index < -0.39 is 5.97 Å². The molecule has 0 aliphatic rings. The molecular weight excluding hydrogens is 316 g/mol. The third-order valence-electron chi connectivity index (χ3n) is 3.76. The first-order chi connectivity index (χ1) is 11.9. The predicted molar refractivity (Wildman–Crippen MR) is 98.7 cm³/mol. The molecule has 6 nitrogen and oxygen atoms in total. The Labute approximate surface area is 147 Å². The van der Waals surface area contributed by atoms with Crippen LogP contribution in [0.4, 0.5) is 5.69 Å². The summed E-state index contributed by atoms with van der Waals surface area (Å²) in [5.41, 5.74) is 8.51. The number of carbonyl (C=O) groups excluding carboxylic acids is 1. The van der Waals surface area contributed by atoms with Crippen molar-refractivity contribution in [3.63, 3.8) is 0 Å². The van der Waals surface area contributed by atoms with E-state index in [0.29, 0.717) is 16.9 Å². The van der Waals surface area contributed by atoms with Gasteiger partial charge in [0, 0.05) is 35.1 Å². The first-order valence-electron chi connectivity index (χ1n) is 8.11. The van der Waals surface area contributed by atoms with Crippen molar-refractivity contribution in [2.24, 2.45) is 10.7 Å². The zero-order valence-electron chi connectivity index (χ0n) is 14.9. The third kappa shape index (κ3) is 3.89. The zero-order chi connectivity index (χ0) is 18.6. The van der Waals surface area contributed by atoms with E-state index in [9.17, 15) is 10.1 Å². The lowest BCUT2D eigenvalue weighted by Crippen LogP contribution is -2.13. The van der Waals surface area contributed by atoms with Gasteiger partial charge in [0.25, 0.3) is 0 Å². The number of aliphatic imine (C=N–C) groups is 1. The average Bonchev–Trinajstić information content (AvgIpc) is 2.93. The van der Waals surface area contributed by atoms with E-state index in [1.807, 2.05) is 24.4 Å². The van der Waals surface area contributed by atoms with Crippen molar-refractivity contribution < 1.29 is 9.53 Å². The van der Waals surface area contributed by atoms with Crippen molar-refractivity contribution in [3.8, 4) is 6.07 Å². The monoisotopic (exact) mass is 338 g/mol. The van der Waals surface area contributed by atoms with E-state index in [0.717, 1.165) is 10.9 Å². The first kappa shape index (κ1) is 18.3. The maximum Gasteiger partial charge on any atom is 0.341 e. The van der Waals surface area contributed by atoms with Gasteiger partial charge in [-0.05, 0) is 45.9 Å². The Kier molecular flexibility index (Phi) is 5.60. The molecule has 0 aliphatic carbocycles. The minimum absolute atomic E-state index is 0.224. The minimum atomic E-state index is -0.504. The quantitative estimate of drug-likeness (QED) is 0.512. The molecule has 25 heavy (non-hydrogen) atoms. The lowest BCUT2D eigenvalue weighted by molar-refractivity contribution is -0.137. The van der Waals surface area contributed by atoms with Crippen LogP contribution in [0.25, 0.3) is 10.9 Å². The average molecular weight is 338 g/mol. The van der Waals surface area contributed by atoms with Crippen LogP contribution < -0.4 is 5.73 Å². The number of esters is 1. The van der Waals surface area contributed by atoms with Gasteiger partial charge in [0.05, 0.1) is 23.4 Å². The summed E-state index contributed by atoms with van der Waals surface area (Å²) in [6, 6.07) is 8.06. The second-order valence-electron chi connectivity index (χ2n) is 5.93. The van der Waals surface area contributed by atoms with Gasteiger partial charge in [0.2, 0.25) is 0 Å². The summed E-state index contributed by atoms with van der Waals surface area (Å²) in [6.07, 6.45) is 3.25. The lowest BCUT2D eigenvalue weighted by Gasteiger charge is -2.08. The van der Waals surface area contributed by atoms with Gasteiger partial charge in [-0.25, -0.2) is 4.79 Å². The Hall–Kier alpha value is -3.07. The maximum absolute atomic E-state index is 11.9. The van der Waals surface area contributed by atoms with Crippen LogP contribution in [0.3, 0.4) is 0 Å². The fraction of sp³-hybridized carbons (Fsp3) is 0.316. The van der Waals surface area contributed by atoms with Gasteiger partial charge in [-0.3, -0.25) is 4.99 Å². The van der Waals surface area contributed by atoms with E-state index in [2.05, 4.69) is 29.5 Å². The second kappa shape index (κ2) is 7.67. The van der Waals surface area contributed by atoms with Crippen molar-refractivity contribution in [1.29, 1.82) is 5.26 Å². The number of hydrogen-bond donors (Lipinski definition) is 1. The molecule has 0 spiro atoms. The predicted octanol–water partition coefficient (Wildman–Crippen LogP) is 3.59. The van der Waals surface area contributed by atoms with Crippen LogP contribution in [0.2, 0.25) is 0 Å². The molecule has 0 fully saturated rings. The molecule has 1 heterocycles. The molecule has 2 aromatic rings. The number of nitriles is 1. The molecule has 130 valence electrons. The molecule has 1 aromatic heterocycles. The summed E-state index contributed by atoms with van der Waals surface area (Å²) in [6.45, 7) is 7.75. The van der Waals surface area contributed by atoms with Gasteiger partial charge < -0.3 is 15.0 Å². The van der Waals surface area contributed by atoms with Crippen molar-refractivity contribution in [2.75, 3.05) is 6.61 Å². The number of nitrogens with zero attached hydrogens (tertiary/aromatic N) is 3. The molecule has 0 bridgehead atoms. The Balaban J connectivity index is 2.44. The van der Waals surface area contributed by atoms with Crippen molar-refractivity contribution >= 4 is 28.8 Å². The topological polar surface area (TPSA) is 93.4 Å². The maximum atomic E-state index is 11.9. The molecule has 0 saturated heterocycles. The molecule has 2 N–H and O–H groups in total. The molecule has 1 aromatic carbocycles. The molecule has 0 amide bonds. The van der Waals surface area contributed by atoms with E-state index in [-0.39, 0.29) is 18.2 Å². The van der Waals surface area contributed by atoms with Crippen LogP contribution in [0, 0.1) is 11.3 Å². The Bertz CT molecular complexity index is 894. The molecule has 0 atom stereocenters. The van der Waals surface area contributed by atoms with Gasteiger partial charge in [0.1, 0.15) is 6.07 Å². The Morgan fingerprint density at radius 2 is 2.20 bits per heavy atom. The highest BCUT2D eigenvalue weighted by atomic mass is 16.5. The second-order valence-corrected chi connectivity index (χ2v) is 5.93. The highest BCUT2D eigenvalue weighted by molar-refractivity contribution is 6.10. The number of nitrogens with two attached hydrogens (primary N) is 1. The normalized spacial score (nSPS) is 12.5. The van der Waals surface area contributed by atoms with E-state index in [4.69, 9.17) is 10.5 Å². The highest BCUT2D eigenvalue weighted by Gasteiger charge is 2.12. The molecule has 0 saturated carbocycles. The van der Waals surface area contributed by atoms with Crippen molar-refractivity contribution in [3.05, 3.63) is 41.2 Å². The SMILES string of the molecule is CCOC(=O)C(C=Nc1ccc2c(c1)c(C#N)cn2C(C)C)=C(C)N. The van der Waals surface area contributed by atoms with Gasteiger partial charge in [-0.2, -0.15) is 5.26 Å². The number of fused-ring (bicyclic) bond motifs is 1. The van der Waals surface area contributed by atoms with Gasteiger partial charge in [0.15, 0.2) is 0 Å². The summed E-state index contributed by atoms with van der Waals surface area (Å²) in [4.78, 5) is 16.2. The summed E-state index contributed by atoms with van der Waals surface area (Å²) in [5.74, 6) is -0.504. The molecule has 6 heteroatoms. The lowest BCUT2D eigenvalue weighted by atomic mass is 10.1. The largest absolute Gasteiger partial charge is 0.462 e. The first-order valence-corrected chi connectivity index (χ1v) is 8.11. The number of benzene rings is 1. The van der Waals surface area contributed by atoms with Crippen molar-refractivity contribution in [1.82, 2.24) is 4.57 Å². The summed E-state index contributed by atoms with van der Waals surface area (Å²) in [5, 5.41) is 10.2. The smallest absolute Gasteiger partial charge is 0.341 e. The molecule has 0 radical (unpaired) electrons. The van der Waals surface area contributed by atoms with Gasteiger partial charge in [-0.15, -0.1) is 0 Å². The number of ether oxygens (including phenoxy) is 1. The summed E-state index contributed by atoms with van der Waals surface area (Å²) in [7, 11) is 0. The fourth-order valence-electron chi connectivity index (χ4n) is 2.50. The third-order valence-corrected chi connectivity index (χ3v) is 3.76. The van der Waals surface area contributed by atoms with Crippen LogP contribution in [0.15, 0.2) is 40.7 Å². The van der Waals surface area contributed by atoms with Crippen LogP contribution in [0.5, 0.6) is 0 Å². The number of rotatable bonds is 5. The minimum Gasteiger partial charge on any atom is -0.462 e. The standard InChI is InChI=1S/C19H22N4O2/c1-5-25-19(24)17(13(4)21)10-22-15-6-7-18-16(8-15)14(9-20)11-23(18)12(2)3/h6-8,10-12H,5,21H2,1-4H3. The van der Waals surface area contributed by atoms with Crippen LogP contribution in [-0.4, -0.2) is 23.4 Å². The van der Waals surface area contributed by atoms with Crippen LogP contribution >= 0.6 is 0 Å². The van der Waals surface area contributed by atoms with Crippen LogP contribution in [-0.2, 0) is 9.53 Å². The van der Waals surface area contributed by atoms with E-state index in [1.54, 1.807) is 13.8 Å². The highest BCUT2D eigenvalue weighted by Crippen LogP contribution is 2.28. The summed E-state index contributed by atoms with van der Waals surface area (Å²) < 4.78 is 7.03. The van der Waals surface area contributed by atoms with Gasteiger partial charge in [-0.1, -0.05) is 0 Å². The molecule has 0 aliphatic heterocycles. The van der Waals surface area contributed by atoms with Crippen molar-refractivity contribution in [2.45, 2.75) is 33.7 Å².